The number of rotatable bonds is 5. The highest BCUT2D eigenvalue weighted by atomic mass is 16.6. The average molecular weight is 417 g/mol. The predicted molar refractivity (Wildman–Crippen MR) is 116 cm³/mol. The number of aromatic nitrogens is 1. The van der Waals surface area contributed by atoms with Crippen LogP contribution in [0.15, 0.2) is 60.7 Å². The highest BCUT2D eigenvalue weighted by Gasteiger charge is 2.24. The standard InChI is InChI=1S/C23H19N3O5/c27-22(25-13-3-5-17-14-19(26(29)30)10-11-21(17)25)15-31-23(28)12-9-18-8-7-16-4-1-2-6-20(16)24-18/h1-2,4,6-12,14H,3,5,13,15H2/b12-9+. The molecule has 31 heavy (non-hydrogen) atoms. The minimum absolute atomic E-state index is 0.00749. The molecule has 0 saturated heterocycles. The molecule has 0 radical (unpaired) electrons. The second kappa shape index (κ2) is 8.74. The molecule has 0 unspecified atom stereocenters. The van der Waals surface area contributed by atoms with Crippen LogP contribution in [0.2, 0.25) is 0 Å². The normalized spacial score (nSPS) is 13.2. The van der Waals surface area contributed by atoms with E-state index in [4.69, 9.17) is 4.74 Å². The summed E-state index contributed by atoms with van der Waals surface area (Å²) in [7, 11) is 0. The molecule has 0 spiro atoms. The first-order valence-corrected chi connectivity index (χ1v) is 9.79. The number of carbonyl (C=O) groups is 2. The lowest BCUT2D eigenvalue weighted by Crippen LogP contribution is -2.38. The molecule has 0 saturated carbocycles. The Morgan fingerprint density at radius 1 is 1.16 bits per heavy atom. The van der Waals surface area contributed by atoms with Gasteiger partial charge in [0.25, 0.3) is 11.6 Å². The van der Waals surface area contributed by atoms with Crippen LogP contribution in [0, 0.1) is 10.1 Å². The van der Waals surface area contributed by atoms with Crippen LogP contribution in [0.25, 0.3) is 17.0 Å². The highest BCUT2D eigenvalue weighted by Crippen LogP contribution is 2.30. The van der Waals surface area contributed by atoms with Gasteiger partial charge in [-0.3, -0.25) is 14.9 Å². The predicted octanol–water partition coefficient (Wildman–Crippen LogP) is 3.68. The van der Waals surface area contributed by atoms with Crippen LogP contribution in [-0.4, -0.2) is 34.9 Å². The fourth-order valence-corrected chi connectivity index (χ4v) is 3.54. The molecule has 2 heterocycles. The third-order valence-corrected chi connectivity index (χ3v) is 5.04. The molecule has 2 aromatic carbocycles. The molecule has 0 bridgehead atoms. The number of esters is 1. The lowest BCUT2D eigenvalue weighted by Gasteiger charge is -2.29. The molecule has 4 rings (SSSR count). The quantitative estimate of drug-likeness (QED) is 0.272. The van der Waals surface area contributed by atoms with Gasteiger partial charge in [-0.2, -0.15) is 0 Å². The van der Waals surface area contributed by atoms with E-state index in [1.165, 1.54) is 29.2 Å². The smallest absolute Gasteiger partial charge is 0.331 e. The van der Waals surface area contributed by atoms with Crippen LogP contribution >= 0.6 is 0 Å². The summed E-state index contributed by atoms with van der Waals surface area (Å²) in [5, 5.41) is 12.0. The molecular weight excluding hydrogens is 398 g/mol. The van der Waals surface area contributed by atoms with E-state index in [-0.39, 0.29) is 11.6 Å². The van der Waals surface area contributed by atoms with Crippen molar-refractivity contribution in [1.29, 1.82) is 0 Å². The van der Waals surface area contributed by atoms with Gasteiger partial charge in [0.2, 0.25) is 0 Å². The molecule has 8 nitrogen and oxygen atoms in total. The van der Waals surface area contributed by atoms with E-state index in [1.54, 1.807) is 12.1 Å². The van der Waals surface area contributed by atoms with Gasteiger partial charge in [-0.05, 0) is 42.7 Å². The Labute approximate surface area is 177 Å². The number of anilines is 1. The summed E-state index contributed by atoms with van der Waals surface area (Å²) < 4.78 is 5.09. The van der Waals surface area contributed by atoms with E-state index in [9.17, 15) is 19.7 Å². The van der Waals surface area contributed by atoms with Crippen molar-refractivity contribution in [3.63, 3.8) is 0 Å². The van der Waals surface area contributed by atoms with Gasteiger partial charge < -0.3 is 9.64 Å². The van der Waals surface area contributed by atoms with Gasteiger partial charge >= 0.3 is 5.97 Å². The summed E-state index contributed by atoms with van der Waals surface area (Å²) >= 11 is 0. The fourth-order valence-electron chi connectivity index (χ4n) is 3.54. The first-order valence-electron chi connectivity index (χ1n) is 9.79. The van der Waals surface area contributed by atoms with Gasteiger partial charge in [0.15, 0.2) is 6.61 Å². The zero-order chi connectivity index (χ0) is 21.8. The Bertz CT molecular complexity index is 1200. The number of carbonyl (C=O) groups excluding carboxylic acids is 2. The molecule has 0 atom stereocenters. The van der Waals surface area contributed by atoms with Crippen LogP contribution in [-0.2, 0) is 20.7 Å². The molecule has 156 valence electrons. The molecule has 1 aliphatic heterocycles. The zero-order valence-electron chi connectivity index (χ0n) is 16.6. The number of nitro benzene ring substituents is 1. The first kappa shape index (κ1) is 20.2. The van der Waals surface area contributed by atoms with Crippen molar-refractivity contribution in [3.05, 3.63) is 82.0 Å². The van der Waals surface area contributed by atoms with Crippen LogP contribution < -0.4 is 4.90 Å². The topological polar surface area (TPSA) is 103 Å². The molecule has 0 N–H and O–H groups in total. The minimum Gasteiger partial charge on any atom is -0.452 e. The summed E-state index contributed by atoms with van der Waals surface area (Å²) in [5.41, 5.74) is 2.77. The van der Waals surface area contributed by atoms with Crippen molar-refractivity contribution in [2.75, 3.05) is 18.1 Å². The summed E-state index contributed by atoms with van der Waals surface area (Å²) in [4.78, 5) is 41.1. The van der Waals surface area contributed by atoms with E-state index in [0.717, 1.165) is 16.5 Å². The average Bonchev–Trinajstić information content (AvgIpc) is 2.80. The molecular formula is C23H19N3O5. The third kappa shape index (κ3) is 4.58. The second-order valence-corrected chi connectivity index (χ2v) is 7.09. The lowest BCUT2D eigenvalue weighted by molar-refractivity contribution is -0.384. The van der Waals surface area contributed by atoms with Crippen molar-refractivity contribution in [1.82, 2.24) is 4.98 Å². The molecule has 3 aromatic rings. The maximum absolute atomic E-state index is 12.6. The maximum atomic E-state index is 12.6. The Kier molecular flexibility index (Phi) is 5.70. The van der Waals surface area contributed by atoms with Gasteiger partial charge in [-0.1, -0.05) is 24.3 Å². The van der Waals surface area contributed by atoms with Crippen LogP contribution in [0.3, 0.4) is 0 Å². The van der Waals surface area contributed by atoms with Crippen LogP contribution in [0.1, 0.15) is 17.7 Å². The van der Waals surface area contributed by atoms with Crippen molar-refractivity contribution in [2.45, 2.75) is 12.8 Å². The Balaban J connectivity index is 1.38. The monoisotopic (exact) mass is 417 g/mol. The highest BCUT2D eigenvalue weighted by molar-refractivity contribution is 5.97. The molecule has 1 aromatic heterocycles. The largest absolute Gasteiger partial charge is 0.452 e. The van der Waals surface area contributed by atoms with Gasteiger partial charge in [0.05, 0.1) is 16.1 Å². The second-order valence-electron chi connectivity index (χ2n) is 7.09. The van der Waals surface area contributed by atoms with Crippen LogP contribution in [0.5, 0.6) is 0 Å². The number of fused-ring (bicyclic) bond motifs is 2. The number of pyridine rings is 1. The molecule has 1 amide bonds. The summed E-state index contributed by atoms with van der Waals surface area (Å²) in [6.07, 6.45) is 4.11. The number of para-hydroxylation sites is 1. The van der Waals surface area contributed by atoms with Crippen molar-refractivity contribution >= 4 is 40.2 Å². The number of nitrogens with zero attached hydrogens (tertiary/aromatic N) is 3. The van der Waals surface area contributed by atoms with E-state index in [0.29, 0.717) is 30.8 Å². The van der Waals surface area contributed by atoms with Gasteiger partial charge in [0.1, 0.15) is 0 Å². The number of amides is 1. The number of ether oxygens (including phenoxy) is 1. The molecule has 0 fully saturated rings. The molecule has 8 heteroatoms. The van der Waals surface area contributed by atoms with E-state index in [1.807, 2.05) is 30.3 Å². The molecule has 1 aliphatic rings. The van der Waals surface area contributed by atoms with Gasteiger partial charge in [-0.15, -0.1) is 0 Å². The summed E-state index contributed by atoms with van der Waals surface area (Å²) in [6, 6.07) is 15.8. The number of non-ortho nitro benzene ring substituents is 1. The van der Waals surface area contributed by atoms with E-state index >= 15 is 0 Å². The van der Waals surface area contributed by atoms with Crippen molar-refractivity contribution in [3.8, 4) is 0 Å². The Morgan fingerprint density at radius 2 is 2.00 bits per heavy atom. The third-order valence-electron chi connectivity index (χ3n) is 5.04. The number of nitro groups is 1. The minimum atomic E-state index is -0.649. The van der Waals surface area contributed by atoms with Gasteiger partial charge in [-0.25, -0.2) is 9.78 Å². The Morgan fingerprint density at radius 3 is 2.84 bits per heavy atom. The summed E-state index contributed by atoms with van der Waals surface area (Å²) in [6.45, 7) is 0.0583. The van der Waals surface area contributed by atoms with Crippen molar-refractivity contribution < 1.29 is 19.2 Å². The lowest BCUT2D eigenvalue weighted by atomic mass is 10.0. The van der Waals surface area contributed by atoms with Gasteiger partial charge in [0, 0.05) is 35.8 Å². The first-order chi connectivity index (χ1) is 15.0. The van der Waals surface area contributed by atoms with E-state index < -0.39 is 17.5 Å². The fraction of sp³-hybridized carbons (Fsp3) is 0.174. The number of aryl methyl sites for hydroxylation is 1. The molecule has 0 aliphatic carbocycles. The number of benzene rings is 2. The number of hydrogen-bond donors (Lipinski definition) is 0. The summed E-state index contributed by atoms with van der Waals surface area (Å²) in [5.74, 6) is -1.02. The van der Waals surface area contributed by atoms with Crippen LogP contribution in [0.4, 0.5) is 11.4 Å². The SMILES string of the molecule is O=C(/C=C/c1ccc2ccccc2n1)OCC(=O)N1CCCc2cc([N+](=O)[O-])ccc21. The Hall–Kier alpha value is -4.07. The maximum Gasteiger partial charge on any atom is 0.331 e. The van der Waals surface area contributed by atoms with Crippen molar-refractivity contribution in [2.24, 2.45) is 0 Å². The van der Waals surface area contributed by atoms with E-state index in [2.05, 4.69) is 4.98 Å². The zero-order valence-corrected chi connectivity index (χ0v) is 16.6. The number of hydrogen-bond acceptors (Lipinski definition) is 6.